The van der Waals surface area contributed by atoms with Gasteiger partial charge in [-0.05, 0) is 14.0 Å². The highest BCUT2D eigenvalue weighted by molar-refractivity contribution is 6.66. The third kappa shape index (κ3) is 5.91. The van der Waals surface area contributed by atoms with Gasteiger partial charge in [-0.3, -0.25) is 4.79 Å². The number of carbonyl (C=O) groups is 2. The molecule has 1 atom stereocenters. The van der Waals surface area contributed by atoms with Gasteiger partial charge in [0.25, 0.3) is 0 Å². The molecule has 0 aromatic heterocycles. The van der Waals surface area contributed by atoms with Crippen LogP contribution in [-0.2, 0) is 9.59 Å². The molecule has 0 aromatic rings. The summed E-state index contributed by atoms with van der Waals surface area (Å²) >= 11 is 0. The van der Waals surface area contributed by atoms with Crippen LogP contribution in [0.15, 0.2) is 0 Å². The molecule has 0 heterocycles. The zero-order chi connectivity index (χ0) is 9.40. The molecule has 0 aliphatic carbocycles. The molecule has 0 bridgehead atoms. The van der Waals surface area contributed by atoms with E-state index in [0.717, 1.165) is 0 Å². The Morgan fingerprint density at radius 1 is 1.67 bits per heavy atom. The summed E-state index contributed by atoms with van der Waals surface area (Å²) in [5.41, 5.74) is 0. The van der Waals surface area contributed by atoms with Gasteiger partial charge in [0.15, 0.2) is 7.28 Å². The fourth-order valence-corrected chi connectivity index (χ4v) is 0.668. The van der Waals surface area contributed by atoms with Crippen molar-refractivity contribution in [2.24, 2.45) is 0 Å². The smallest absolute Gasteiger partial charge is 0.220 e. The number of carbonyl (C=O) groups excluding carboxylic acids is 2. The molecule has 1 unspecified atom stereocenters. The summed E-state index contributed by atoms with van der Waals surface area (Å²) in [6, 6.07) is 0. The quantitative estimate of drug-likeness (QED) is 0.241. The van der Waals surface area contributed by atoms with Crippen LogP contribution < -0.4 is 10.6 Å². The molecule has 67 valence electrons. The largest absolute Gasteiger partial charge is 0.341 e. The number of amides is 1. The van der Waals surface area contributed by atoms with Crippen LogP contribution >= 0.6 is 0 Å². The van der Waals surface area contributed by atoms with Gasteiger partial charge in [-0.15, -0.1) is 0 Å². The monoisotopic (exact) mass is 169 g/mol. The number of nitrogens with one attached hydrogen (secondary N) is 2. The van der Waals surface area contributed by atoms with Crippen LogP contribution in [-0.4, -0.2) is 32.6 Å². The third-order valence-corrected chi connectivity index (χ3v) is 1.44. The minimum absolute atomic E-state index is 0.0197. The predicted molar refractivity (Wildman–Crippen MR) is 48.6 cm³/mol. The second-order valence-electron chi connectivity index (χ2n) is 2.49. The van der Waals surface area contributed by atoms with Gasteiger partial charge in [0.2, 0.25) is 5.91 Å². The molecule has 1 radical (unpaired) electrons. The maximum absolute atomic E-state index is 11.0. The Kier molecular flexibility index (Phi) is 6.37. The van der Waals surface area contributed by atoms with Gasteiger partial charge in [-0.2, -0.15) is 0 Å². The van der Waals surface area contributed by atoms with E-state index in [1.54, 1.807) is 7.05 Å². The molecule has 0 saturated carbocycles. The maximum atomic E-state index is 11.0. The molecule has 5 heteroatoms. The lowest BCUT2D eigenvalue weighted by Crippen LogP contribution is -2.41. The van der Waals surface area contributed by atoms with Crippen LogP contribution in [0, 0.1) is 0 Å². The molecule has 4 nitrogen and oxygen atoms in total. The van der Waals surface area contributed by atoms with E-state index in [-0.39, 0.29) is 12.1 Å². The molecule has 0 fully saturated rings. The molecule has 1 amide bonds. The van der Waals surface area contributed by atoms with Crippen molar-refractivity contribution >= 4 is 19.4 Å². The molecule has 0 aliphatic heterocycles. The minimum Gasteiger partial charge on any atom is -0.341 e. The summed E-state index contributed by atoms with van der Waals surface area (Å²) in [6.45, 7) is 1.85. The number of hydrogen-bond acceptors (Lipinski definition) is 3. The first kappa shape index (κ1) is 11.2. The molecule has 0 rings (SSSR count). The van der Waals surface area contributed by atoms with Gasteiger partial charge in [0.05, 0.1) is 12.4 Å². The Morgan fingerprint density at radius 3 is 2.83 bits per heavy atom. The van der Waals surface area contributed by atoms with Gasteiger partial charge < -0.3 is 15.4 Å². The first-order valence-corrected chi connectivity index (χ1v) is 3.94. The normalized spacial score (nSPS) is 11.8. The molecule has 2 N–H and O–H groups in total. The van der Waals surface area contributed by atoms with Crippen LogP contribution in [0.2, 0.25) is 6.32 Å². The summed E-state index contributed by atoms with van der Waals surface area (Å²) < 4.78 is 0. The van der Waals surface area contributed by atoms with Gasteiger partial charge >= 0.3 is 0 Å². The molecule has 0 aliphatic rings. The Balaban J connectivity index is 3.39. The lowest BCUT2D eigenvalue weighted by molar-refractivity contribution is -0.121. The average Bonchev–Trinajstić information content (AvgIpc) is 2.05. The van der Waals surface area contributed by atoms with Crippen LogP contribution in [0.1, 0.15) is 13.3 Å². The minimum atomic E-state index is -0.0463. The molecule has 0 saturated heterocycles. The van der Waals surface area contributed by atoms with E-state index in [9.17, 15) is 9.59 Å². The van der Waals surface area contributed by atoms with Gasteiger partial charge in [0.1, 0.15) is 0 Å². The molecule has 0 aromatic carbocycles. The van der Waals surface area contributed by atoms with Gasteiger partial charge in [-0.25, -0.2) is 0 Å². The summed E-state index contributed by atoms with van der Waals surface area (Å²) in [5.74, 6) is -0.0463. The Morgan fingerprint density at radius 2 is 2.33 bits per heavy atom. The van der Waals surface area contributed by atoms with Crippen molar-refractivity contribution in [1.82, 2.24) is 10.6 Å². The Hall–Kier alpha value is -0.835. The van der Waals surface area contributed by atoms with Crippen molar-refractivity contribution in [2.75, 3.05) is 7.05 Å². The van der Waals surface area contributed by atoms with Crippen LogP contribution in [0.4, 0.5) is 0 Å². The van der Waals surface area contributed by atoms with E-state index in [0.29, 0.717) is 18.9 Å². The molecular formula is C7H14BN2O2. The maximum Gasteiger partial charge on any atom is 0.220 e. The lowest BCUT2D eigenvalue weighted by atomic mass is 9.76. The highest BCUT2D eigenvalue weighted by atomic mass is 16.1. The van der Waals surface area contributed by atoms with Crippen molar-refractivity contribution in [2.45, 2.75) is 25.8 Å². The number of hydrogen-bond donors (Lipinski definition) is 2. The van der Waals surface area contributed by atoms with Gasteiger partial charge in [0, 0.05) is 6.42 Å². The van der Waals surface area contributed by atoms with Crippen LogP contribution in [0.3, 0.4) is 0 Å². The molecule has 12 heavy (non-hydrogen) atoms. The van der Waals surface area contributed by atoms with E-state index in [4.69, 9.17) is 0 Å². The predicted octanol–water partition coefficient (Wildman–Crippen LogP) is -0.629. The zero-order valence-electron chi connectivity index (χ0n) is 7.46. The summed E-state index contributed by atoms with van der Waals surface area (Å²) in [7, 11) is 3.20. The fourth-order valence-electron chi connectivity index (χ4n) is 0.668. The van der Waals surface area contributed by atoms with E-state index >= 15 is 0 Å². The number of rotatable bonds is 6. The summed E-state index contributed by atoms with van der Waals surface area (Å²) in [5, 5.41) is 5.58. The first-order valence-electron chi connectivity index (χ1n) is 3.94. The van der Waals surface area contributed by atoms with Crippen LogP contribution in [0.5, 0.6) is 0 Å². The van der Waals surface area contributed by atoms with E-state index in [2.05, 4.69) is 10.6 Å². The highest BCUT2D eigenvalue weighted by Crippen LogP contribution is 1.87. The molecule has 0 spiro atoms. The van der Waals surface area contributed by atoms with Crippen molar-refractivity contribution < 1.29 is 9.59 Å². The van der Waals surface area contributed by atoms with E-state index in [1.165, 1.54) is 7.28 Å². The summed E-state index contributed by atoms with van der Waals surface area (Å²) in [4.78, 5) is 20.9. The average molecular weight is 169 g/mol. The molecular weight excluding hydrogens is 155 g/mol. The SMILES string of the molecule is CNC(C)NC(=O)CC[B]C=O. The second kappa shape index (κ2) is 6.85. The third-order valence-electron chi connectivity index (χ3n) is 1.44. The van der Waals surface area contributed by atoms with Crippen molar-refractivity contribution in [3.63, 3.8) is 0 Å². The standard InChI is InChI=1S/C7H14BN2O2/c1-6(9-2)10-7(12)3-4-8-5-11/h5-6,9H,3-4H2,1-2H3,(H,10,12). The topological polar surface area (TPSA) is 58.2 Å². The van der Waals surface area contributed by atoms with E-state index < -0.39 is 0 Å². The van der Waals surface area contributed by atoms with Gasteiger partial charge in [-0.1, -0.05) is 6.32 Å². The second-order valence-corrected chi connectivity index (χ2v) is 2.49. The van der Waals surface area contributed by atoms with E-state index in [1.807, 2.05) is 6.92 Å². The fraction of sp³-hybridized carbons (Fsp3) is 0.714. The van der Waals surface area contributed by atoms with Crippen molar-refractivity contribution in [3.8, 4) is 0 Å². The Labute approximate surface area is 73.3 Å². The van der Waals surface area contributed by atoms with Crippen molar-refractivity contribution in [3.05, 3.63) is 0 Å². The zero-order valence-corrected chi connectivity index (χ0v) is 7.46. The first-order chi connectivity index (χ1) is 5.70. The lowest BCUT2D eigenvalue weighted by Gasteiger charge is -2.11. The Bertz CT molecular complexity index is 152. The van der Waals surface area contributed by atoms with Crippen LogP contribution in [0.25, 0.3) is 0 Å². The van der Waals surface area contributed by atoms with Crippen molar-refractivity contribution in [1.29, 1.82) is 0 Å². The highest BCUT2D eigenvalue weighted by Gasteiger charge is 2.03. The summed E-state index contributed by atoms with van der Waals surface area (Å²) in [6.07, 6.45) is 1.56.